The number of hydrogen-bond acceptors (Lipinski definition) is 6. The molecule has 142 valence electrons. The molecule has 1 aromatic carbocycles. The van der Waals surface area contributed by atoms with Crippen molar-refractivity contribution in [3.63, 3.8) is 0 Å². The van der Waals surface area contributed by atoms with E-state index in [1.807, 2.05) is 37.4 Å². The molecule has 3 aromatic rings. The smallest absolute Gasteiger partial charge is 0.161 e. The van der Waals surface area contributed by atoms with E-state index in [4.69, 9.17) is 14.0 Å². The Balaban J connectivity index is 1.59. The van der Waals surface area contributed by atoms with Crippen molar-refractivity contribution in [2.45, 2.75) is 32.4 Å². The van der Waals surface area contributed by atoms with E-state index in [-0.39, 0.29) is 6.04 Å². The molecule has 0 amide bonds. The van der Waals surface area contributed by atoms with E-state index >= 15 is 0 Å². The fourth-order valence-corrected chi connectivity index (χ4v) is 3.78. The number of ether oxygens (including phenoxy) is 2. The Morgan fingerprint density at radius 3 is 2.81 bits per heavy atom. The molecule has 3 heterocycles. The third-order valence-electron chi connectivity index (χ3n) is 5.11. The summed E-state index contributed by atoms with van der Waals surface area (Å²) in [5.74, 6) is 2.27. The molecular weight excluding hydrogens is 344 g/mol. The summed E-state index contributed by atoms with van der Waals surface area (Å²) >= 11 is 0. The van der Waals surface area contributed by atoms with Gasteiger partial charge in [0.25, 0.3) is 0 Å². The van der Waals surface area contributed by atoms with Gasteiger partial charge in [-0.2, -0.15) is 5.10 Å². The lowest BCUT2D eigenvalue weighted by molar-refractivity contribution is 0.237. The van der Waals surface area contributed by atoms with Crippen molar-refractivity contribution in [2.24, 2.45) is 0 Å². The molecular formula is C20H24N4O3. The fraction of sp³-hybridized carbons (Fsp3) is 0.400. The number of methoxy groups -OCH3 is 2. The molecule has 1 fully saturated rings. The molecule has 7 nitrogen and oxygen atoms in total. The van der Waals surface area contributed by atoms with Gasteiger partial charge in [0.15, 0.2) is 11.5 Å². The van der Waals surface area contributed by atoms with Crippen LogP contribution in [0.4, 0.5) is 0 Å². The lowest BCUT2D eigenvalue weighted by Gasteiger charge is -2.22. The molecule has 1 atom stereocenters. The van der Waals surface area contributed by atoms with Crippen LogP contribution in [0, 0.1) is 6.92 Å². The Hall–Kier alpha value is -2.80. The Labute approximate surface area is 158 Å². The van der Waals surface area contributed by atoms with Crippen LogP contribution >= 0.6 is 0 Å². The number of nitrogens with one attached hydrogen (secondary N) is 1. The van der Waals surface area contributed by atoms with Crippen LogP contribution in [0.2, 0.25) is 0 Å². The number of H-pyrrole nitrogens is 1. The van der Waals surface area contributed by atoms with E-state index in [1.54, 1.807) is 14.2 Å². The largest absolute Gasteiger partial charge is 0.493 e. The average Bonchev–Trinajstić information content (AvgIpc) is 3.42. The van der Waals surface area contributed by atoms with Crippen LogP contribution in [0.3, 0.4) is 0 Å². The summed E-state index contributed by atoms with van der Waals surface area (Å²) < 4.78 is 16.1. The Morgan fingerprint density at radius 2 is 2.07 bits per heavy atom. The normalized spacial score (nSPS) is 17.4. The third-order valence-corrected chi connectivity index (χ3v) is 5.11. The maximum Gasteiger partial charge on any atom is 0.161 e. The molecule has 27 heavy (non-hydrogen) atoms. The zero-order valence-corrected chi connectivity index (χ0v) is 15.9. The van der Waals surface area contributed by atoms with Gasteiger partial charge in [-0.3, -0.25) is 10.00 Å². The van der Waals surface area contributed by atoms with Crippen LogP contribution in [-0.2, 0) is 6.54 Å². The molecule has 0 bridgehead atoms. The Kier molecular flexibility index (Phi) is 4.85. The standard InChI is InChI=1S/C20H24N4O3/c1-13-9-16(23-27-13)17-5-4-8-24(17)12-15-11-21-22-20(15)14-6-7-18(25-2)19(10-14)26-3/h6-7,9-11,17H,4-5,8,12H2,1-3H3,(H,21,22)/t17-/m0/s1. The predicted molar refractivity (Wildman–Crippen MR) is 101 cm³/mol. The second-order valence-electron chi connectivity index (χ2n) is 6.83. The number of nitrogens with zero attached hydrogens (tertiary/aromatic N) is 3. The molecule has 1 aliphatic heterocycles. The minimum Gasteiger partial charge on any atom is -0.493 e. The van der Waals surface area contributed by atoms with Gasteiger partial charge in [0.1, 0.15) is 11.5 Å². The molecule has 1 saturated heterocycles. The first-order chi connectivity index (χ1) is 13.2. The minimum atomic E-state index is 0.288. The predicted octanol–water partition coefficient (Wildman–Crippen LogP) is 3.73. The number of rotatable bonds is 6. The zero-order chi connectivity index (χ0) is 18.8. The van der Waals surface area contributed by atoms with Gasteiger partial charge >= 0.3 is 0 Å². The molecule has 7 heteroatoms. The van der Waals surface area contributed by atoms with Gasteiger partial charge in [-0.15, -0.1) is 0 Å². The highest BCUT2D eigenvalue weighted by molar-refractivity contribution is 5.66. The van der Waals surface area contributed by atoms with Crippen molar-refractivity contribution >= 4 is 0 Å². The summed E-state index contributed by atoms with van der Waals surface area (Å²) in [6.07, 6.45) is 4.14. The Bertz CT molecular complexity index is 918. The number of benzene rings is 1. The number of likely N-dealkylation sites (tertiary alicyclic amines) is 1. The first kappa shape index (κ1) is 17.6. The van der Waals surface area contributed by atoms with Crippen LogP contribution < -0.4 is 9.47 Å². The topological polar surface area (TPSA) is 76.4 Å². The molecule has 2 aromatic heterocycles. The highest BCUT2D eigenvalue weighted by Gasteiger charge is 2.29. The van der Waals surface area contributed by atoms with Crippen molar-refractivity contribution in [1.29, 1.82) is 0 Å². The molecule has 1 N–H and O–H groups in total. The maximum atomic E-state index is 5.44. The molecule has 1 aliphatic rings. The molecule has 0 unspecified atom stereocenters. The van der Waals surface area contributed by atoms with Gasteiger partial charge in [-0.25, -0.2) is 0 Å². The molecule has 0 radical (unpaired) electrons. The SMILES string of the molecule is COc1ccc(-c2[nH]ncc2CN2CCC[C@H]2c2cc(C)on2)cc1OC. The summed E-state index contributed by atoms with van der Waals surface area (Å²) in [7, 11) is 3.28. The van der Waals surface area contributed by atoms with E-state index in [0.29, 0.717) is 11.5 Å². The molecule has 0 spiro atoms. The van der Waals surface area contributed by atoms with E-state index in [9.17, 15) is 0 Å². The van der Waals surface area contributed by atoms with Gasteiger partial charge in [0, 0.05) is 23.7 Å². The van der Waals surface area contributed by atoms with Gasteiger partial charge in [-0.1, -0.05) is 5.16 Å². The second-order valence-corrected chi connectivity index (χ2v) is 6.83. The quantitative estimate of drug-likeness (QED) is 0.714. The highest BCUT2D eigenvalue weighted by atomic mass is 16.5. The first-order valence-electron chi connectivity index (χ1n) is 9.11. The van der Waals surface area contributed by atoms with Gasteiger partial charge < -0.3 is 14.0 Å². The van der Waals surface area contributed by atoms with E-state index < -0.39 is 0 Å². The van der Waals surface area contributed by atoms with Crippen molar-refractivity contribution < 1.29 is 14.0 Å². The summed E-state index contributed by atoms with van der Waals surface area (Å²) in [4.78, 5) is 2.44. The molecule has 0 saturated carbocycles. The number of aryl methyl sites for hydroxylation is 1. The zero-order valence-electron chi connectivity index (χ0n) is 15.9. The van der Waals surface area contributed by atoms with E-state index in [2.05, 4.69) is 20.3 Å². The van der Waals surface area contributed by atoms with Crippen molar-refractivity contribution in [1.82, 2.24) is 20.3 Å². The number of hydrogen-bond donors (Lipinski definition) is 1. The highest BCUT2D eigenvalue weighted by Crippen LogP contribution is 2.36. The molecule has 4 rings (SSSR count). The maximum absolute atomic E-state index is 5.44. The van der Waals surface area contributed by atoms with E-state index in [0.717, 1.165) is 54.2 Å². The van der Waals surface area contributed by atoms with Crippen LogP contribution in [0.25, 0.3) is 11.3 Å². The van der Waals surface area contributed by atoms with Crippen LogP contribution in [0.15, 0.2) is 35.0 Å². The molecule has 0 aliphatic carbocycles. The summed E-state index contributed by atoms with van der Waals surface area (Å²) in [6.45, 7) is 3.77. The summed E-state index contributed by atoms with van der Waals surface area (Å²) in [5.41, 5.74) is 4.18. The van der Waals surface area contributed by atoms with Crippen LogP contribution in [0.5, 0.6) is 11.5 Å². The monoisotopic (exact) mass is 368 g/mol. The van der Waals surface area contributed by atoms with Crippen molar-refractivity contribution in [2.75, 3.05) is 20.8 Å². The van der Waals surface area contributed by atoms with Gasteiger partial charge in [0.2, 0.25) is 0 Å². The van der Waals surface area contributed by atoms with Crippen molar-refractivity contribution in [3.05, 3.63) is 47.5 Å². The summed E-state index contributed by atoms with van der Waals surface area (Å²) in [6, 6.07) is 8.22. The Morgan fingerprint density at radius 1 is 1.22 bits per heavy atom. The van der Waals surface area contributed by atoms with Gasteiger partial charge in [0.05, 0.1) is 32.2 Å². The van der Waals surface area contributed by atoms with Gasteiger partial charge in [-0.05, 0) is 44.5 Å². The lowest BCUT2D eigenvalue weighted by atomic mass is 10.1. The first-order valence-corrected chi connectivity index (χ1v) is 9.11. The third kappa shape index (κ3) is 3.42. The number of aromatic nitrogens is 3. The minimum absolute atomic E-state index is 0.288. The van der Waals surface area contributed by atoms with Crippen LogP contribution in [-0.4, -0.2) is 41.0 Å². The van der Waals surface area contributed by atoms with Crippen molar-refractivity contribution in [3.8, 4) is 22.8 Å². The van der Waals surface area contributed by atoms with Crippen LogP contribution in [0.1, 0.15) is 35.9 Å². The lowest BCUT2D eigenvalue weighted by Crippen LogP contribution is -2.23. The second kappa shape index (κ2) is 7.44. The van der Waals surface area contributed by atoms with E-state index in [1.165, 1.54) is 0 Å². The number of aromatic amines is 1. The fourth-order valence-electron chi connectivity index (χ4n) is 3.78. The average molecular weight is 368 g/mol. The summed E-state index contributed by atoms with van der Waals surface area (Å²) in [5, 5.41) is 11.6.